The molecule has 1 rings (SSSR count). The first kappa shape index (κ1) is 7.70. The van der Waals surface area contributed by atoms with Crippen molar-refractivity contribution < 1.29 is 5.11 Å². The van der Waals surface area contributed by atoms with E-state index in [1.165, 1.54) is 12.8 Å². The molecule has 0 atom stereocenters. The molecule has 48 valence electrons. The Balaban J connectivity index is 0.000000222. The standard InChI is InChI=1S/C5H10O.C2H4/c6-5-3-1-2-4-5;1-2/h5-6H,1-4H2;1-2H2. The molecule has 0 aromatic carbocycles. The van der Waals surface area contributed by atoms with Crippen molar-refractivity contribution in [2.45, 2.75) is 31.8 Å². The van der Waals surface area contributed by atoms with Crippen LogP contribution in [0.1, 0.15) is 25.7 Å². The van der Waals surface area contributed by atoms with Gasteiger partial charge in [-0.1, -0.05) is 12.8 Å². The van der Waals surface area contributed by atoms with Gasteiger partial charge in [-0.2, -0.15) is 0 Å². The second-order valence-electron chi connectivity index (χ2n) is 1.94. The van der Waals surface area contributed by atoms with Crippen molar-refractivity contribution in [3.8, 4) is 0 Å². The predicted molar refractivity (Wildman–Crippen MR) is 35.7 cm³/mol. The zero-order valence-corrected chi connectivity index (χ0v) is 5.27. The molecule has 1 nitrogen and oxygen atoms in total. The third-order valence-corrected chi connectivity index (χ3v) is 1.32. The average molecular weight is 114 g/mol. The van der Waals surface area contributed by atoms with Crippen LogP contribution in [0.2, 0.25) is 0 Å². The molecule has 0 aromatic heterocycles. The second kappa shape index (κ2) is 4.85. The molecule has 0 radical (unpaired) electrons. The Kier molecular flexibility index (Phi) is 4.67. The minimum atomic E-state index is 0.0463. The molecule has 1 fully saturated rings. The van der Waals surface area contributed by atoms with Gasteiger partial charge in [0.05, 0.1) is 6.10 Å². The summed E-state index contributed by atoms with van der Waals surface area (Å²) in [4.78, 5) is 0. The largest absolute Gasteiger partial charge is 0.393 e. The van der Waals surface area contributed by atoms with Gasteiger partial charge in [-0.25, -0.2) is 0 Å². The van der Waals surface area contributed by atoms with E-state index in [0.29, 0.717) is 0 Å². The molecular weight excluding hydrogens is 100 g/mol. The van der Waals surface area contributed by atoms with E-state index in [2.05, 4.69) is 13.2 Å². The normalized spacial score (nSPS) is 19.6. The molecule has 0 bridgehead atoms. The number of aliphatic hydroxyl groups excluding tert-OH is 1. The smallest absolute Gasteiger partial charge is 0.0540 e. The summed E-state index contributed by atoms with van der Waals surface area (Å²) < 4.78 is 0. The summed E-state index contributed by atoms with van der Waals surface area (Å²) in [5, 5.41) is 8.73. The Morgan fingerprint density at radius 3 is 1.62 bits per heavy atom. The van der Waals surface area contributed by atoms with E-state index in [9.17, 15) is 0 Å². The molecule has 0 heterocycles. The van der Waals surface area contributed by atoms with Crippen LogP contribution >= 0.6 is 0 Å². The maximum absolute atomic E-state index is 8.73. The van der Waals surface area contributed by atoms with Crippen LogP contribution in [0.15, 0.2) is 13.2 Å². The van der Waals surface area contributed by atoms with Crippen LogP contribution in [-0.2, 0) is 0 Å². The molecular formula is C7H14O. The van der Waals surface area contributed by atoms with Crippen molar-refractivity contribution in [1.82, 2.24) is 0 Å². The van der Waals surface area contributed by atoms with E-state index < -0.39 is 0 Å². The molecule has 0 aliphatic heterocycles. The number of aliphatic hydroxyl groups is 1. The highest BCUT2D eigenvalue weighted by Crippen LogP contribution is 2.16. The SMILES string of the molecule is C=C.OC1CCCC1. The number of rotatable bonds is 0. The lowest BCUT2D eigenvalue weighted by Gasteiger charge is -1.91. The van der Waals surface area contributed by atoms with E-state index in [4.69, 9.17) is 5.11 Å². The fourth-order valence-corrected chi connectivity index (χ4v) is 0.904. The number of hydrogen-bond donors (Lipinski definition) is 1. The topological polar surface area (TPSA) is 20.2 Å². The molecule has 0 amide bonds. The summed E-state index contributed by atoms with van der Waals surface area (Å²) in [5.74, 6) is 0. The van der Waals surface area contributed by atoms with Crippen LogP contribution in [0.4, 0.5) is 0 Å². The van der Waals surface area contributed by atoms with Gasteiger partial charge in [0, 0.05) is 0 Å². The van der Waals surface area contributed by atoms with E-state index >= 15 is 0 Å². The van der Waals surface area contributed by atoms with Crippen molar-refractivity contribution in [2.75, 3.05) is 0 Å². The Bertz CT molecular complexity index is 46.3. The highest BCUT2D eigenvalue weighted by molar-refractivity contribution is 4.63. The second-order valence-corrected chi connectivity index (χ2v) is 1.94. The van der Waals surface area contributed by atoms with Crippen molar-refractivity contribution in [3.63, 3.8) is 0 Å². The minimum absolute atomic E-state index is 0.0463. The third kappa shape index (κ3) is 2.80. The molecule has 0 spiro atoms. The van der Waals surface area contributed by atoms with Crippen molar-refractivity contribution in [2.24, 2.45) is 0 Å². The quantitative estimate of drug-likeness (QED) is 0.475. The summed E-state index contributed by atoms with van der Waals surface area (Å²) in [6.45, 7) is 6.00. The molecule has 1 heteroatoms. The van der Waals surface area contributed by atoms with Gasteiger partial charge >= 0.3 is 0 Å². The monoisotopic (exact) mass is 114 g/mol. The zero-order chi connectivity index (χ0) is 6.41. The molecule has 0 saturated heterocycles. The number of hydrogen-bond acceptors (Lipinski definition) is 1. The molecule has 8 heavy (non-hydrogen) atoms. The minimum Gasteiger partial charge on any atom is -0.393 e. The van der Waals surface area contributed by atoms with Crippen LogP contribution in [0, 0.1) is 0 Å². The summed E-state index contributed by atoms with van der Waals surface area (Å²) in [5.41, 5.74) is 0. The van der Waals surface area contributed by atoms with Crippen molar-refractivity contribution >= 4 is 0 Å². The van der Waals surface area contributed by atoms with Gasteiger partial charge in [0.1, 0.15) is 0 Å². The van der Waals surface area contributed by atoms with Gasteiger partial charge in [-0.3, -0.25) is 0 Å². The lowest BCUT2D eigenvalue weighted by molar-refractivity contribution is 0.183. The fourth-order valence-electron chi connectivity index (χ4n) is 0.904. The first-order chi connectivity index (χ1) is 3.89. The van der Waals surface area contributed by atoms with Gasteiger partial charge in [-0.15, -0.1) is 13.2 Å². The summed E-state index contributed by atoms with van der Waals surface area (Å²) >= 11 is 0. The van der Waals surface area contributed by atoms with E-state index in [0.717, 1.165) is 12.8 Å². The summed E-state index contributed by atoms with van der Waals surface area (Å²) in [6.07, 6.45) is 4.60. The van der Waals surface area contributed by atoms with Gasteiger partial charge < -0.3 is 5.11 Å². The highest BCUT2D eigenvalue weighted by atomic mass is 16.3. The fraction of sp³-hybridized carbons (Fsp3) is 0.714. The molecule has 1 aliphatic carbocycles. The highest BCUT2D eigenvalue weighted by Gasteiger charge is 2.09. The molecule has 1 aliphatic rings. The van der Waals surface area contributed by atoms with Crippen molar-refractivity contribution in [3.05, 3.63) is 13.2 Å². The van der Waals surface area contributed by atoms with Crippen LogP contribution in [0.3, 0.4) is 0 Å². The van der Waals surface area contributed by atoms with Crippen LogP contribution < -0.4 is 0 Å². The van der Waals surface area contributed by atoms with Gasteiger partial charge in [0.2, 0.25) is 0 Å². The van der Waals surface area contributed by atoms with E-state index in [-0.39, 0.29) is 6.10 Å². The lowest BCUT2D eigenvalue weighted by atomic mass is 10.3. The molecule has 0 unspecified atom stereocenters. The van der Waals surface area contributed by atoms with Gasteiger partial charge in [0.25, 0.3) is 0 Å². The lowest BCUT2D eigenvalue weighted by Crippen LogP contribution is -1.94. The Morgan fingerprint density at radius 2 is 1.50 bits per heavy atom. The molecule has 0 aromatic rings. The van der Waals surface area contributed by atoms with Crippen LogP contribution in [0.5, 0.6) is 0 Å². The van der Waals surface area contributed by atoms with Gasteiger partial charge in [-0.05, 0) is 12.8 Å². The maximum Gasteiger partial charge on any atom is 0.0540 e. The third-order valence-electron chi connectivity index (χ3n) is 1.32. The molecule has 1 saturated carbocycles. The first-order valence-corrected chi connectivity index (χ1v) is 3.07. The van der Waals surface area contributed by atoms with Crippen molar-refractivity contribution in [1.29, 1.82) is 0 Å². The Hall–Kier alpha value is -0.300. The first-order valence-electron chi connectivity index (χ1n) is 3.07. The van der Waals surface area contributed by atoms with Crippen LogP contribution in [-0.4, -0.2) is 11.2 Å². The van der Waals surface area contributed by atoms with E-state index in [1.807, 2.05) is 0 Å². The molecule has 1 N–H and O–H groups in total. The Morgan fingerprint density at radius 1 is 1.12 bits per heavy atom. The Labute approximate surface area is 51.0 Å². The summed E-state index contributed by atoms with van der Waals surface area (Å²) in [6, 6.07) is 0. The summed E-state index contributed by atoms with van der Waals surface area (Å²) in [7, 11) is 0. The average Bonchev–Trinajstić information content (AvgIpc) is 2.24. The van der Waals surface area contributed by atoms with Gasteiger partial charge in [0.15, 0.2) is 0 Å². The maximum atomic E-state index is 8.73. The zero-order valence-electron chi connectivity index (χ0n) is 5.27. The van der Waals surface area contributed by atoms with E-state index in [1.54, 1.807) is 0 Å². The van der Waals surface area contributed by atoms with Crippen LogP contribution in [0.25, 0.3) is 0 Å². The predicted octanol–water partition coefficient (Wildman–Crippen LogP) is 1.72.